The second kappa shape index (κ2) is 18.8. The zero-order valence-corrected chi connectivity index (χ0v) is 32.9. The SMILES string of the molecule is COC(=O)N[C@H](C(=O)N[C@@H](Cc1ccc(-c2ccccn2)cc1)[C@@H](O)C[C@H](Cc1ccccc1)NC(=O)[C@@H](NC(=O)OC)C(C)(C)S(C)(=O)=O)C(C)(C)C. The molecule has 1 aromatic heterocycles. The molecule has 0 fully saturated rings. The normalized spacial score (nSPS) is 14.7. The first-order chi connectivity index (χ1) is 25.3. The average Bonchev–Trinajstić information content (AvgIpc) is 3.12. The van der Waals surface area contributed by atoms with Gasteiger partial charge in [0.25, 0.3) is 0 Å². The highest BCUT2D eigenvalue weighted by molar-refractivity contribution is 7.92. The van der Waals surface area contributed by atoms with E-state index in [9.17, 15) is 32.7 Å². The summed E-state index contributed by atoms with van der Waals surface area (Å²) in [5, 5.41) is 22.7. The van der Waals surface area contributed by atoms with Crippen LogP contribution in [0.4, 0.5) is 9.59 Å². The Kier molecular flexibility index (Phi) is 15.1. The van der Waals surface area contributed by atoms with E-state index in [-0.39, 0.29) is 19.3 Å². The van der Waals surface area contributed by atoms with Crippen LogP contribution in [0.15, 0.2) is 79.0 Å². The fraction of sp³-hybridized carbons (Fsp3) is 0.462. The number of alkyl carbamates (subject to hydrolysis) is 2. The predicted octanol–water partition coefficient (Wildman–Crippen LogP) is 3.57. The minimum Gasteiger partial charge on any atom is -0.453 e. The van der Waals surface area contributed by atoms with E-state index in [0.717, 1.165) is 35.7 Å². The quantitative estimate of drug-likeness (QED) is 0.144. The standard InChI is InChI=1S/C39H53N5O9S/c1-38(2,3)32(43-36(48)52-6)34(46)42-30(23-26-17-19-27(20-18-26)29-16-12-13-21-40-29)31(45)24-28(22-25-14-10-9-11-15-25)41-35(47)33(44-37(49)53-7)39(4,5)54(8,50)51/h9-21,28,30-33,45H,22-24H2,1-8H3,(H,41,47)(H,42,46)(H,43,48)(H,44,49)/t28-,30-,31-,32+,33+/m0/s1. The first kappa shape index (κ1) is 43.4. The maximum absolute atomic E-state index is 13.9. The monoisotopic (exact) mass is 767 g/mol. The van der Waals surface area contributed by atoms with Crippen molar-refractivity contribution in [2.75, 3.05) is 20.5 Å². The topological polar surface area (TPSA) is 202 Å². The molecule has 0 unspecified atom stereocenters. The van der Waals surface area contributed by atoms with Crippen LogP contribution in [-0.4, -0.2) is 98.0 Å². The van der Waals surface area contributed by atoms with Crippen molar-refractivity contribution in [2.45, 2.75) is 88.9 Å². The summed E-state index contributed by atoms with van der Waals surface area (Å²) < 4.78 is 33.3. The third kappa shape index (κ3) is 12.3. The number of nitrogens with zero attached hydrogens (tertiary/aromatic N) is 1. The van der Waals surface area contributed by atoms with Gasteiger partial charge in [0, 0.05) is 24.1 Å². The summed E-state index contributed by atoms with van der Waals surface area (Å²) in [6, 6.07) is 17.9. The Morgan fingerprint density at radius 2 is 1.26 bits per heavy atom. The van der Waals surface area contributed by atoms with Crippen LogP contribution in [-0.2, 0) is 41.7 Å². The highest BCUT2D eigenvalue weighted by atomic mass is 32.2. The molecule has 54 heavy (non-hydrogen) atoms. The van der Waals surface area contributed by atoms with Gasteiger partial charge in [-0.2, -0.15) is 0 Å². The summed E-state index contributed by atoms with van der Waals surface area (Å²) in [5.74, 6) is -1.38. The Morgan fingerprint density at radius 1 is 0.722 bits per heavy atom. The van der Waals surface area contributed by atoms with E-state index >= 15 is 0 Å². The number of hydrogen-bond acceptors (Lipinski definition) is 10. The lowest BCUT2D eigenvalue weighted by Gasteiger charge is -2.35. The zero-order valence-electron chi connectivity index (χ0n) is 32.1. The number of aliphatic hydroxyl groups is 1. The van der Waals surface area contributed by atoms with E-state index in [0.29, 0.717) is 0 Å². The van der Waals surface area contributed by atoms with Gasteiger partial charge < -0.3 is 35.8 Å². The maximum Gasteiger partial charge on any atom is 0.407 e. The second-order valence-electron chi connectivity index (χ2n) is 14.8. The van der Waals surface area contributed by atoms with Crippen molar-refractivity contribution in [3.8, 4) is 11.3 Å². The number of ether oxygens (including phenoxy) is 2. The lowest BCUT2D eigenvalue weighted by Crippen LogP contribution is -2.62. The zero-order chi connectivity index (χ0) is 40.3. The number of carbonyl (C=O) groups excluding carboxylic acids is 4. The van der Waals surface area contributed by atoms with Crippen molar-refractivity contribution in [3.05, 3.63) is 90.1 Å². The summed E-state index contributed by atoms with van der Waals surface area (Å²) in [4.78, 5) is 56.8. The van der Waals surface area contributed by atoms with Gasteiger partial charge in [0.2, 0.25) is 11.8 Å². The van der Waals surface area contributed by atoms with Gasteiger partial charge in [0.05, 0.1) is 36.8 Å². The third-order valence-electron chi connectivity index (χ3n) is 9.30. The number of sulfone groups is 1. The number of benzene rings is 2. The number of hydrogen-bond donors (Lipinski definition) is 5. The number of rotatable bonds is 16. The molecule has 4 amide bonds. The van der Waals surface area contributed by atoms with Crippen LogP contribution in [0.3, 0.4) is 0 Å². The highest BCUT2D eigenvalue weighted by Crippen LogP contribution is 2.24. The number of methoxy groups -OCH3 is 2. The van der Waals surface area contributed by atoms with Gasteiger partial charge >= 0.3 is 12.2 Å². The van der Waals surface area contributed by atoms with Crippen LogP contribution in [0.2, 0.25) is 0 Å². The third-order valence-corrected chi connectivity index (χ3v) is 11.4. The van der Waals surface area contributed by atoms with Crippen LogP contribution >= 0.6 is 0 Å². The van der Waals surface area contributed by atoms with Gasteiger partial charge in [0.1, 0.15) is 12.1 Å². The second-order valence-corrected chi connectivity index (χ2v) is 17.4. The van der Waals surface area contributed by atoms with Gasteiger partial charge in [-0.25, -0.2) is 18.0 Å². The first-order valence-electron chi connectivity index (χ1n) is 17.5. The van der Waals surface area contributed by atoms with Gasteiger partial charge in [-0.3, -0.25) is 14.6 Å². The molecule has 0 bridgehead atoms. The van der Waals surface area contributed by atoms with Crippen molar-refractivity contribution < 1.29 is 42.2 Å². The van der Waals surface area contributed by atoms with Gasteiger partial charge in [0.15, 0.2) is 9.84 Å². The predicted molar refractivity (Wildman–Crippen MR) is 205 cm³/mol. The lowest BCUT2D eigenvalue weighted by molar-refractivity contribution is -0.127. The number of carbonyl (C=O) groups is 4. The molecule has 14 nitrogen and oxygen atoms in total. The average molecular weight is 768 g/mol. The van der Waals surface area contributed by atoms with E-state index in [1.165, 1.54) is 21.0 Å². The molecule has 5 atom stereocenters. The van der Waals surface area contributed by atoms with E-state index in [1.54, 1.807) is 27.0 Å². The molecule has 0 spiro atoms. The molecule has 3 rings (SSSR count). The smallest absolute Gasteiger partial charge is 0.407 e. The van der Waals surface area contributed by atoms with Crippen molar-refractivity contribution in [1.82, 2.24) is 26.3 Å². The molecule has 294 valence electrons. The van der Waals surface area contributed by atoms with Crippen molar-refractivity contribution in [2.24, 2.45) is 5.41 Å². The summed E-state index contributed by atoms with van der Waals surface area (Å²) in [7, 11) is -1.62. The first-order valence-corrected chi connectivity index (χ1v) is 19.4. The number of aromatic nitrogens is 1. The van der Waals surface area contributed by atoms with Gasteiger partial charge in [-0.1, -0.05) is 81.4 Å². The molecule has 0 saturated heterocycles. The summed E-state index contributed by atoms with van der Waals surface area (Å²) in [6.45, 7) is 7.97. The van der Waals surface area contributed by atoms with Gasteiger partial charge in [-0.05, 0) is 61.8 Å². The van der Waals surface area contributed by atoms with Crippen LogP contribution in [0.1, 0.15) is 52.2 Å². The number of pyridine rings is 1. The minimum absolute atomic E-state index is 0.105. The largest absolute Gasteiger partial charge is 0.453 e. The van der Waals surface area contributed by atoms with Crippen molar-refractivity contribution >= 4 is 33.8 Å². The maximum atomic E-state index is 13.9. The Bertz CT molecular complexity index is 1820. The Balaban J connectivity index is 2.01. The van der Waals surface area contributed by atoms with Crippen LogP contribution in [0.5, 0.6) is 0 Å². The minimum atomic E-state index is -3.90. The van der Waals surface area contributed by atoms with Gasteiger partial charge in [-0.15, -0.1) is 0 Å². The fourth-order valence-corrected chi connectivity index (χ4v) is 6.37. The highest BCUT2D eigenvalue weighted by Gasteiger charge is 2.45. The molecule has 15 heteroatoms. The Morgan fingerprint density at radius 3 is 1.78 bits per heavy atom. The van der Waals surface area contributed by atoms with E-state index in [1.807, 2.05) is 72.8 Å². The molecular formula is C39H53N5O9S. The summed E-state index contributed by atoms with van der Waals surface area (Å²) >= 11 is 0. The number of aliphatic hydroxyl groups excluding tert-OH is 1. The van der Waals surface area contributed by atoms with E-state index in [2.05, 4.69) is 26.3 Å². The summed E-state index contributed by atoms with van der Waals surface area (Å²) in [6.07, 6.45) is -0.166. The number of nitrogens with one attached hydrogen (secondary N) is 4. The van der Waals surface area contributed by atoms with E-state index < -0.39 is 74.3 Å². The molecule has 0 radical (unpaired) electrons. The Labute approximate surface area is 317 Å². The lowest BCUT2D eigenvalue weighted by atomic mass is 9.85. The molecule has 2 aromatic carbocycles. The molecule has 0 aliphatic carbocycles. The van der Waals surface area contributed by atoms with Crippen LogP contribution in [0.25, 0.3) is 11.3 Å². The van der Waals surface area contributed by atoms with Crippen molar-refractivity contribution in [1.29, 1.82) is 0 Å². The molecule has 0 aliphatic heterocycles. The Hall–Kier alpha value is -5.02. The van der Waals surface area contributed by atoms with Crippen LogP contribution < -0.4 is 21.3 Å². The van der Waals surface area contributed by atoms with Crippen molar-refractivity contribution in [3.63, 3.8) is 0 Å². The molecular weight excluding hydrogens is 715 g/mol. The molecule has 5 N–H and O–H groups in total. The fourth-order valence-electron chi connectivity index (χ4n) is 5.78. The van der Waals surface area contributed by atoms with Crippen LogP contribution in [0, 0.1) is 5.41 Å². The molecule has 1 heterocycles. The van der Waals surface area contributed by atoms with E-state index in [4.69, 9.17) is 9.47 Å². The number of amides is 4. The molecule has 0 saturated carbocycles. The molecule has 3 aromatic rings. The molecule has 0 aliphatic rings. The summed E-state index contributed by atoms with van der Waals surface area (Å²) in [5.41, 5.74) is 2.46.